The molecule has 0 amide bonds. The SMILES string of the molecule is CC(C)C1CN(C2CCCC(N)C2)C1. The van der Waals surface area contributed by atoms with E-state index in [2.05, 4.69) is 18.7 Å². The Hall–Kier alpha value is -0.0800. The van der Waals surface area contributed by atoms with E-state index in [1.807, 2.05) is 0 Å². The summed E-state index contributed by atoms with van der Waals surface area (Å²) < 4.78 is 0. The summed E-state index contributed by atoms with van der Waals surface area (Å²) >= 11 is 0. The summed E-state index contributed by atoms with van der Waals surface area (Å²) in [6, 6.07) is 1.29. The third-order valence-corrected chi connectivity index (χ3v) is 4.08. The molecule has 0 aromatic heterocycles. The molecule has 2 N–H and O–H groups in total. The molecule has 2 fully saturated rings. The lowest BCUT2D eigenvalue weighted by atomic mass is 9.83. The predicted molar refractivity (Wildman–Crippen MR) is 60.1 cm³/mol. The summed E-state index contributed by atoms with van der Waals surface area (Å²) in [5.41, 5.74) is 6.01. The molecule has 2 aliphatic rings. The summed E-state index contributed by atoms with van der Waals surface area (Å²) in [5.74, 6) is 1.82. The minimum absolute atomic E-state index is 0.479. The van der Waals surface area contributed by atoms with Gasteiger partial charge in [0.2, 0.25) is 0 Å². The summed E-state index contributed by atoms with van der Waals surface area (Å²) in [6.45, 7) is 7.34. The molecule has 2 heteroatoms. The van der Waals surface area contributed by atoms with Gasteiger partial charge < -0.3 is 5.73 Å². The van der Waals surface area contributed by atoms with Gasteiger partial charge in [-0.3, -0.25) is 4.90 Å². The fraction of sp³-hybridized carbons (Fsp3) is 1.00. The van der Waals surface area contributed by atoms with Crippen LogP contribution < -0.4 is 5.73 Å². The van der Waals surface area contributed by atoms with Crippen molar-refractivity contribution in [2.45, 2.75) is 51.6 Å². The topological polar surface area (TPSA) is 29.3 Å². The lowest BCUT2D eigenvalue weighted by Crippen LogP contribution is -2.55. The first-order chi connectivity index (χ1) is 6.66. The van der Waals surface area contributed by atoms with Gasteiger partial charge in [-0.1, -0.05) is 20.3 Å². The number of nitrogens with two attached hydrogens (primary N) is 1. The Bertz CT molecular complexity index is 185. The van der Waals surface area contributed by atoms with Crippen molar-refractivity contribution >= 4 is 0 Å². The van der Waals surface area contributed by atoms with E-state index in [0.29, 0.717) is 6.04 Å². The lowest BCUT2D eigenvalue weighted by molar-refractivity contribution is 0.0108. The van der Waals surface area contributed by atoms with Crippen LogP contribution in [0.5, 0.6) is 0 Å². The molecular weight excluding hydrogens is 172 g/mol. The van der Waals surface area contributed by atoms with Gasteiger partial charge >= 0.3 is 0 Å². The second-order valence-electron chi connectivity index (χ2n) is 5.54. The first kappa shape index (κ1) is 10.4. The van der Waals surface area contributed by atoms with Crippen LogP contribution in [0, 0.1) is 11.8 Å². The van der Waals surface area contributed by atoms with Gasteiger partial charge in [0.1, 0.15) is 0 Å². The van der Waals surface area contributed by atoms with Crippen LogP contribution in [0.2, 0.25) is 0 Å². The van der Waals surface area contributed by atoms with Crippen molar-refractivity contribution in [1.29, 1.82) is 0 Å². The number of hydrogen-bond acceptors (Lipinski definition) is 2. The molecule has 0 bridgehead atoms. The van der Waals surface area contributed by atoms with Crippen molar-refractivity contribution in [1.82, 2.24) is 4.90 Å². The second-order valence-corrected chi connectivity index (χ2v) is 5.54. The normalized spacial score (nSPS) is 36.0. The minimum Gasteiger partial charge on any atom is -0.328 e. The summed E-state index contributed by atoms with van der Waals surface area (Å²) in [6.07, 6.45) is 5.22. The van der Waals surface area contributed by atoms with Gasteiger partial charge in [0.05, 0.1) is 0 Å². The Labute approximate surface area is 87.8 Å². The zero-order chi connectivity index (χ0) is 10.1. The summed E-state index contributed by atoms with van der Waals surface area (Å²) in [7, 11) is 0. The van der Waals surface area contributed by atoms with E-state index in [1.165, 1.54) is 38.8 Å². The average Bonchev–Trinajstić information content (AvgIpc) is 2.00. The van der Waals surface area contributed by atoms with Crippen LogP contribution in [0.25, 0.3) is 0 Å². The molecule has 2 atom stereocenters. The van der Waals surface area contributed by atoms with Gasteiger partial charge in [-0.15, -0.1) is 0 Å². The number of likely N-dealkylation sites (tertiary alicyclic amines) is 1. The van der Waals surface area contributed by atoms with Crippen molar-refractivity contribution in [2.75, 3.05) is 13.1 Å². The summed E-state index contributed by atoms with van der Waals surface area (Å²) in [5, 5.41) is 0. The van der Waals surface area contributed by atoms with Crippen molar-refractivity contribution in [3.05, 3.63) is 0 Å². The largest absolute Gasteiger partial charge is 0.328 e. The van der Waals surface area contributed by atoms with Crippen molar-refractivity contribution in [3.63, 3.8) is 0 Å². The van der Waals surface area contributed by atoms with Crippen LogP contribution in [0.3, 0.4) is 0 Å². The van der Waals surface area contributed by atoms with Crippen molar-refractivity contribution in [3.8, 4) is 0 Å². The van der Waals surface area contributed by atoms with Gasteiger partial charge in [-0.25, -0.2) is 0 Å². The van der Waals surface area contributed by atoms with Crippen LogP contribution in [0.15, 0.2) is 0 Å². The molecule has 2 nitrogen and oxygen atoms in total. The zero-order valence-corrected chi connectivity index (χ0v) is 9.58. The molecule has 1 saturated carbocycles. The van der Waals surface area contributed by atoms with Gasteiger partial charge in [0.25, 0.3) is 0 Å². The van der Waals surface area contributed by atoms with Gasteiger partial charge in [-0.2, -0.15) is 0 Å². The molecule has 1 saturated heterocycles. The van der Waals surface area contributed by atoms with Gasteiger partial charge in [0.15, 0.2) is 0 Å². The predicted octanol–water partition coefficient (Wildman–Crippen LogP) is 1.84. The van der Waals surface area contributed by atoms with Crippen LogP contribution in [-0.2, 0) is 0 Å². The quantitative estimate of drug-likeness (QED) is 0.730. The van der Waals surface area contributed by atoms with Gasteiger partial charge in [-0.05, 0) is 31.1 Å². The van der Waals surface area contributed by atoms with E-state index in [1.54, 1.807) is 0 Å². The molecule has 0 spiro atoms. The van der Waals surface area contributed by atoms with E-state index in [-0.39, 0.29) is 0 Å². The summed E-state index contributed by atoms with van der Waals surface area (Å²) in [4.78, 5) is 2.66. The second kappa shape index (κ2) is 4.19. The molecule has 14 heavy (non-hydrogen) atoms. The first-order valence-corrected chi connectivity index (χ1v) is 6.16. The first-order valence-electron chi connectivity index (χ1n) is 6.16. The molecule has 82 valence electrons. The van der Waals surface area contributed by atoms with E-state index in [9.17, 15) is 0 Å². The fourth-order valence-electron chi connectivity index (χ4n) is 2.80. The molecule has 0 aromatic carbocycles. The van der Waals surface area contributed by atoms with E-state index in [0.717, 1.165) is 17.9 Å². The highest BCUT2D eigenvalue weighted by atomic mass is 15.2. The third kappa shape index (κ3) is 2.12. The maximum absolute atomic E-state index is 6.01. The number of hydrogen-bond donors (Lipinski definition) is 1. The molecule has 2 unspecified atom stereocenters. The Balaban J connectivity index is 1.76. The standard InChI is InChI=1S/C12H24N2/c1-9(2)10-7-14(8-10)12-5-3-4-11(13)6-12/h9-12H,3-8,13H2,1-2H3. The van der Waals surface area contributed by atoms with Gasteiger partial charge in [0, 0.05) is 25.2 Å². The highest BCUT2D eigenvalue weighted by molar-refractivity contribution is 4.90. The highest BCUT2D eigenvalue weighted by Gasteiger charge is 2.35. The smallest absolute Gasteiger partial charge is 0.0110 e. The molecule has 1 heterocycles. The molecule has 1 aliphatic heterocycles. The molecule has 0 radical (unpaired) electrons. The maximum atomic E-state index is 6.01. The van der Waals surface area contributed by atoms with E-state index >= 15 is 0 Å². The molecule has 1 aliphatic carbocycles. The number of nitrogens with zero attached hydrogens (tertiary/aromatic N) is 1. The van der Waals surface area contributed by atoms with E-state index < -0.39 is 0 Å². The fourth-order valence-corrected chi connectivity index (χ4v) is 2.80. The average molecular weight is 196 g/mol. The van der Waals surface area contributed by atoms with Crippen LogP contribution in [0.1, 0.15) is 39.5 Å². The minimum atomic E-state index is 0.479. The zero-order valence-electron chi connectivity index (χ0n) is 9.58. The Morgan fingerprint density at radius 3 is 2.50 bits per heavy atom. The Morgan fingerprint density at radius 1 is 1.21 bits per heavy atom. The third-order valence-electron chi connectivity index (χ3n) is 4.08. The van der Waals surface area contributed by atoms with E-state index in [4.69, 9.17) is 5.73 Å². The Morgan fingerprint density at radius 2 is 1.93 bits per heavy atom. The molecule has 0 aromatic rings. The van der Waals surface area contributed by atoms with Crippen molar-refractivity contribution < 1.29 is 0 Å². The maximum Gasteiger partial charge on any atom is 0.0110 e. The van der Waals surface area contributed by atoms with Crippen LogP contribution >= 0.6 is 0 Å². The van der Waals surface area contributed by atoms with Crippen molar-refractivity contribution in [2.24, 2.45) is 17.6 Å². The van der Waals surface area contributed by atoms with Crippen LogP contribution in [0.4, 0.5) is 0 Å². The molecular formula is C12H24N2. The number of rotatable bonds is 2. The lowest BCUT2D eigenvalue weighted by Gasteiger charge is -2.48. The highest BCUT2D eigenvalue weighted by Crippen LogP contribution is 2.31. The monoisotopic (exact) mass is 196 g/mol. The Kier molecular flexibility index (Phi) is 3.13. The van der Waals surface area contributed by atoms with Crippen LogP contribution in [-0.4, -0.2) is 30.1 Å². The molecule has 2 rings (SSSR count).